The molecule has 0 heterocycles. The van der Waals surface area contributed by atoms with Crippen molar-refractivity contribution >= 4 is 17.9 Å². The van der Waals surface area contributed by atoms with Gasteiger partial charge in [-0.2, -0.15) is 0 Å². The predicted octanol–water partition coefficient (Wildman–Crippen LogP) is 19.6. The van der Waals surface area contributed by atoms with Crippen molar-refractivity contribution in [2.24, 2.45) is 0 Å². The van der Waals surface area contributed by atoms with Crippen molar-refractivity contribution in [1.29, 1.82) is 0 Å². The highest BCUT2D eigenvalue weighted by atomic mass is 16.6. The highest BCUT2D eigenvalue weighted by molar-refractivity contribution is 5.71. The molecule has 6 nitrogen and oxygen atoms in total. The van der Waals surface area contributed by atoms with Crippen LogP contribution in [-0.2, 0) is 28.6 Å². The fourth-order valence-electron chi connectivity index (χ4n) is 7.57. The van der Waals surface area contributed by atoms with Crippen LogP contribution in [0.1, 0.15) is 252 Å². The van der Waals surface area contributed by atoms with E-state index < -0.39 is 6.10 Å². The third-order valence-electron chi connectivity index (χ3n) is 11.9. The van der Waals surface area contributed by atoms with E-state index in [1.165, 1.54) is 77.0 Å². The molecule has 0 bridgehead atoms. The molecule has 0 aromatic carbocycles. The van der Waals surface area contributed by atoms with E-state index >= 15 is 0 Å². The van der Waals surface area contributed by atoms with Crippen molar-refractivity contribution in [3.8, 4) is 0 Å². The van der Waals surface area contributed by atoms with E-state index in [-0.39, 0.29) is 37.5 Å². The Morgan fingerprint density at radius 3 is 0.958 bits per heavy atom. The van der Waals surface area contributed by atoms with Gasteiger partial charge in [0.2, 0.25) is 0 Å². The Bertz CT molecular complexity index is 1500. The molecule has 0 N–H and O–H groups in total. The summed E-state index contributed by atoms with van der Waals surface area (Å²) in [7, 11) is 0. The van der Waals surface area contributed by atoms with Gasteiger partial charge in [0.15, 0.2) is 6.10 Å². The van der Waals surface area contributed by atoms with Crippen LogP contribution in [0.25, 0.3) is 0 Å². The molecule has 0 rings (SSSR count). The monoisotopic (exact) mass is 983 g/mol. The van der Waals surface area contributed by atoms with E-state index in [1.54, 1.807) is 0 Å². The summed E-state index contributed by atoms with van der Waals surface area (Å²) in [5.41, 5.74) is 0. The van der Waals surface area contributed by atoms with E-state index in [0.717, 1.165) is 128 Å². The lowest BCUT2D eigenvalue weighted by Gasteiger charge is -2.18. The first-order chi connectivity index (χ1) is 35.0. The van der Waals surface area contributed by atoms with Crippen molar-refractivity contribution in [3.63, 3.8) is 0 Å². The standard InChI is InChI=1S/C65H106O6/c1-4-7-10-13-16-19-22-25-28-29-30-31-32-33-34-35-38-40-43-46-49-52-55-58-64(67)70-61-62(71-65(68)59-56-53-50-47-44-41-37-27-24-21-18-15-12-9-6-3)60-69-63(66)57-54-51-48-45-42-39-36-26-23-20-17-14-11-8-5-2/h7,10,16,18-19,21,25-28,30-31,33-34,36-38,40,46,49,62H,4-6,8-9,11-15,17,20,22-24,29,32,35,39,41-45,47-48,50-61H2,1-3H3/b10-7-,19-16-,21-18-,28-25-,31-30-,34-33-,36-26-,37-27-,40-38-,49-46-. The summed E-state index contributed by atoms with van der Waals surface area (Å²) in [6.45, 7) is 6.42. The van der Waals surface area contributed by atoms with Crippen LogP contribution in [0.15, 0.2) is 122 Å². The molecule has 402 valence electrons. The van der Waals surface area contributed by atoms with E-state index in [9.17, 15) is 14.4 Å². The predicted molar refractivity (Wildman–Crippen MR) is 306 cm³/mol. The molecule has 0 fully saturated rings. The average molecular weight is 984 g/mol. The Morgan fingerprint density at radius 2 is 0.563 bits per heavy atom. The van der Waals surface area contributed by atoms with E-state index in [2.05, 4.69) is 142 Å². The first-order valence-corrected chi connectivity index (χ1v) is 29.0. The first-order valence-electron chi connectivity index (χ1n) is 29.0. The summed E-state index contributed by atoms with van der Waals surface area (Å²) in [4.78, 5) is 38.1. The summed E-state index contributed by atoms with van der Waals surface area (Å²) in [6.07, 6.45) is 80.5. The smallest absolute Gasteiger partial charge is 0.306 e. The lowest BCUT2D eigenvalue weighted by Crippen LogP contribution is -2.30. The molecular formula is C65H106O6. The molecule has 0 aromatic rings. The highest BCUT2D eigenvalue weighted by Crippen LogP contribution is 2.13. The second-order valence-electron chi connectivity index (χ2n) is 18.8. The molecule has 1 unspecified atom stereocenters. The number of hydrogen-bond acceptors (Lipinski definition) is 6. The van der Waals surface area contributed by atoms with Gasteiger partial charge in [-0.05, 0) is 128 Å². The van der Waals surface area contributed by atoms with Crippen LogP contribution < -0.4 is 0 Å². The molecule has 6 heteroatoms. The molecule has 0 spiro atoms. The van der Waals surface area contributed by atoms with Gasteiger partial charge < -0.3 is 14.2 Å². The SMILES string of the molecule is CC/C=C\C/C=C\C/C=C\C/C=C\C/C=C\C/C=C\C/C=C\CCCC(=O)OCC(COC(=O)CCCCCCC/C=C\CCCCCCCC)OC(=O)CCCCCCC/C=C\C/C=C\CCCCC. The number of esters is 3. The molecule has 0 saturated carbocycles. The third kappa shape index (κ3) is 56.6. The van der Waals surface area contributed by atoms with Gasteiger partial charge in [-0.1, -0.05) is 226 Å². The number of ether oxygens (including phenoxy) is 3. The average Bonchev–Trinajstić information content (AvgIpc) is 3.37. The molecule has 0 aliphatic carbocycles. The van der Waals surface area contributed by atoms with Crippen molar-refractivity contribution in [2.75, 3.05) is 13.2 Å². The second-order valence-corrected chi connectivity index (χ2v) is 18.8. The molecule has 0 aliphatic rings. The largest absolute Gasteiger partial charge is 0.462 e. The second kappa shape index (κ2) is 58.4. The molecule has 0 aromatic heterocycles. The van der Waals surface area contributed by atoms with Crippen LogP contribution in [0.3, 0.4) is 0 Å². The fraction of sp³-hybridized carbons (Fsp3) is 0.646. The Labute approximate surface area is 437 Å². The molecule has 0 saturated heterocycles. The van der Waals surface area contributed by atoms with Crippen LogP contribution in [-0.4, -0.2) is 37.2 Å². The lowest BCUT2D eigenvalue weighted by molar-refractivity contribution is -0.167. The van der Waals surface area contributed by atoms with E-state index in [1.807, 2.05) is 0 Å². The number of carbonyl (C=O) groups is 3. The normalized spacial score (nSPS) is 13.0. The van der Waals surface area contributed by atoms with Crippen molar-refractivity contribution in [2.45, 2.75) is 258 Å². The van der Waals surface area contributed by atoms with Gasteiger partial charge in [0.05, 0.1) is 0 Å². The Balaban J connectivity index is 4.51. The summed E-state index contributed by atoms with van der Waals surface area (Å²) in [5, 5.41) is 0. The number of rotatable bonds is 51. The molecule has 0 amide bonds. The minimum atomic E-state index is -0.816. The van der Waals surface area contributed by atoms with Crippen LogP contribution in [0, 0.1) is 0 Å². The van der Waals surface area contributed by atoms with Gasteiger partial charge in [-0.15, -0.1) is 0 Å². The third-order valence-corrected chi connectivity index (χ3v) is 11.9. The summed E-state index contributed by atoms with van der Waals surface area (Å²) in [6, 6.07) is 0. The van der Waals surface area contributed by atoms with Crippen molar-refractivity contribution in [1.82, 2.24) is 0 Å². The minimum Gasteiger partial charge on any atom is -0.462 e. The van der Waals surface area contributed by atoms with Gasteiger partial charge >= 0.3 is 17.9 Å². The zero-order chi connectivity index (χ0) is 51.4. The minimum absolute atomic E-state index is 0.109. The first kappa shape index (κ1) is 66.8. The maximum atomic E-state index is 12.8. The summed E-state index contributed by atoms with van der Waals surface area (Å²) >= 11 is 0. The maximum Gasteiger partial charge on any atom is 0.306 e. The van der Waals surface area contributed by atoms with Crippen LogP contribution >= 0.6 is 0 Å². The summed E-state index contributed by atoms with van der Waals surface area (Å²) < 4.78 is 16.8. The molecule has 0 radical (unpaired) electrons. The maximum absolute atomic E-state index is 12.8. The van der Waals surface area contributed by atoms with Crippen LogP contribution in [0.5, 0.6) is 0 Å². The molecule has 0 aliphatic heterocycles. The molecule has 71 heavy (non-hydrogen) atoms. The van der Waals surface area contributed by atoms with E-state index in [0.29, 0.717) is 19.3 Å². The molecular weight excluding hydrogens is 877 g/mol. The number of unbranched alkanes of at least 4 members (excludes halogenated alkanes) is 20. The molecule has 1 atom stereocenters. The van der Waals surface area contributed by atoms with Crippen LogP contribution in [0.2, 0.25) is 0 Å². The Kier molecular flexibility index (Phi) is 54.9. The number of allylic oxidation sites excluding steroid dienone is 20. The van der Waals surface area contributed by atoms with Crippen molar-refractivity contribution < 1.29 is 28.6 Å². The summed E-state index contributed by atoms with van der Waals surface area (Å²) in [5.74, 6) is -0.994. The number of hydrogen-bond donors (Lipinski definition) is 0. The van der Waals surface area contributed by atoms with Gasteiger partial charge in [-0.25, -0.2) is 0 Å². The van der Waals surface area contributed by atoms with Crippen LogP contribution in [0.4, 0.5) is 0 Å². The van der Waals surface area contributed by atoms with E-state index in [4.69, 9.17) is 14.2 Å². The van der Waals surface area contributed by atoms with Gasteiger partial charge in [-0.3, -0.25) is 14.4 Å². The zero-order valence-corrected chi connectivity index (χ0v) is 45.9. The topological polar surface area (TPSA) is 78.9 Å². The van der Waals surface area contributed by atoms with Crippen molar-refractivity contribution in [3.05, 3.63) is 122 Å². The van der Waals surface area contributed by atoms with Gasteiger partial charge in [0, 0.05) is 19.3 Å². The number of carbonyl (C=O) groups excluding carboxylic acids is 3. The van der Waals surface area contributed by atoms with Gasteiger partial charge in [0.25, 0.3) is 0 Å². The zero-order valence-electron chi connectivity index (χ0n) is 45.9. The highest BCUT2D eigenvalue weighted by Gasteiger charge is 2.19. The Hall–Kier alpha value is -4.19. The quantitative estimate of drug-likeness (QED) is 0.0261. The lowest BCUT2D eigenvalue weighted by atomic mass is 10.1. The fourth-order valence-corrected chi connectivity index (χ4v) is 7.57. The Morgan fingerprint density at radius 1 is 0.296 bits per heavy atom. The van der Waals surface area contributed by atoms with Gasteiger partial charge in [0.1, 0.15) is 13.2 Å².